The minimum Gasteiger partial charge on any atom is -0.341 e. The van der Waals surface area contributed by atoms with E-state index in [0.29, 0.717) is 22.8 Å². The Hall–Kier alpha value is -2.34. The van der Waals surface area contributed by atoms with Crippen LogP contribution in [0.4, 0.5) is 4.39 Å². The number of aromatic nitrogens is 4. The summed E-state index contributed by atoms with van der Waals surface area (Å²) in [6.45, 7) is 9.85. The first kappa shape index (κ1) is 18.0. The number of piperidine rings is 1. The lowest BCUT2D eigenvalue weighted by atomic mass is 9.89. The van der Waals surface area contributed by atoms with E-state index in [9.17, 15) is 4.39 Å². The SMILES string of the molecule is Cc1cc([C@H]2CCCN(C(C)c3nc4nc(C)[nH]c4cc3F)C2)cc(C)n1. The van der Waals surface area contributed by atoms with Gasteiger partial charge < -0.3 is 4.98 Å². The van der Waals surface area contributed by atoms with Crippen molar-refractivity contribution in [3.8, 4) is 0 Å². The van der Waals surface area contributed by atoms with Crippen LogP contribution in [0.3, 0.4) is 0 Å². The maximum atomic E-state index is 14.7. The number of halogens is 1. The molecule has 1 saturated heterocycles. The Labute approximate surface area is 159 Å². The third-order valence-electron chi connectivity index (χ3n) is 5.54. The molecule has 1 N–H and O–H groups in total. The zero-order valence-corrected chi connectivity index (χ0v) is 16.4. The Morgan fingerprint density at radius 2 is 1.85 bits per heavy atom. The first-order valence-corrected chi connectivity index (χ1v) is 9.62. The molecule has 0 spiro atoms. The van der Waals surface area contributed by atoms with Crippen LogP contribution >= 0.6 is 0 Å². The summed E-state index contributed by atoms with van der Waals surface area (Å²) in [6, 6.07) is 5.80. The van der Waals surface area contributed by atoms with Crippen LogP contribution in [0.1, 0.15) is 60.2 Å². The Kier molecular flexibility index (Phi) is 4.68. The van der Waals surface area contributed by atoms with Crippen molar-refractivity contribution in [2.24, 2.45) is 0 Å². The highest BCUT2D eigenvalue weighted by Gasteiger charge is 2.28. The molecule has 6 heteroatoms. The summed E-state index contributed by atoms with van der Waals surface area (Å²) in [5.41, 5.74) is 5.18. The molecular weight excluding hydrogens is 341 g/mol. The maximum Gasteiger partial charge on any atom is 0.178 e. The van der Waals surface area contributed by atoms with Gasteiger partial charge in [-0.1, -0.05) is 0 Å². The number of fused-ring (bicyclic) bond motifs is 1. The molecule has 4 rings (SSSR count). The van der Waals surface area contributed by atoms with E-state index in [1.54, 1.807) is 0 Å². The van der Waals surface area contributed by atoms with Crippen molar-refractivity contribution in [3.05, 3.63) is 52.5 Å². The fraction of sp³-hybridized carbons (Fsp3) is 0.476. The third-order valence-corrected chi connectivity index (χ3v) is 5.54. The van der Waals surface area contributed by atoms with Gasteiger partial charge in [0.15, 0.2) is 5.65 Å². The van der Waals surface area contributed by atoms with E-state index in [0.717, 1.165) is 43.1 Å². The van der Waals surface area contributed by atoms with Crippen LogP contribution in [-0.2, 0) is 0 Å². The first-order valence-electron chi connectivity index (χ1n) is 9.62. The molecular formula is C21H26FN5. The zero-order chi connectivity index (χ0) is 19.1. The van der Waals surface area contributed by atoms with Crippen molar-refractivity contribution in [3.63, 3.8) is 0 Å². The van der Waals surface area contributed by atoms with Gasteiger partial charge in [-0.2, -0.15) is 0 Å². The molecule has 1 fully saturated rings. The van der Waals surface area contributed by atoms with E-state index >= 15 is 0 Å². The number of nitrogens with one attached hydrogen (secondary N) is 1. The molecule has 0 amide bonds. The Morgan fingerprint density at radius 1 is 1.11 bits per heavy atom. The fourth-order valence-electron chi connectivity index (χ4n) is 4.25. The summed E-state index contributed by atoms with van der Waals surface area (Å²) >= 11 is 0. The van der Waals surface area contributed by atoms with E-state index in [-0.39, 0.29) is 11.9 Å². The summed E-state index contributed by atoms with van der Waals surface area (Å²) in [7, 11) is 0. The third kappa shape index (κ3) is 3.58. The highest BCUT2D eigenvalue weighted by atomic mass is 19.1. The molecule has 3 aromatic rings. The van der Waals surface area contributed by atoms with Gasteiger partial charge in [-0.3, -0.25) is 9.88 Å². The Balaban J connectivity index is 1.60. The molecule has 142 valence electrons. The predicted molar refractivity (Wildman–Crippen MR) is 104 cm³/mol. The molecule has 0 saturated carbocycles. The van der Waals surface area contributed by atoms with E-state index in [1.165, 1.54) is 11.6 Å². The van der Waals surface area contributed by atoms with Crippen LogP contribution in [0.25, 0.3) is 11.2 Å². The van der Waals surface area contributed by atoms with E-state index in [2.05, 4.69) is 37.0 Å². The standard InChI is InChI=1S/C21H26FN5/c1-12-8-17(9-13(2)23-12)16-6-5-7-27(11-16)14(3)20-18(22)10-19-21(26-20)25-15(4)24-19/h8-10,14,16H,5-7,11H2,1-4H3,(H,24,25,26)/t14?,16-/m0/s1. The molecule has 1 aliphatic rings. The van der Waals surface area contributed by atoms with E-state index in [4.69, 9.17) is 0 Å². The van der Waals surface area contributed by atoms with Crippen LogP contribution in [0.2, 0.25) is 0 Å². The monoisotopic (exact) mass is 367 g/mol. The molecule has 27 heavy (non-hydrogen) atoms. The van der Waals surface area contributed by atoms with Gasteiger partial charge in [0, 0.05) is 24.0 Å². The minimum absolute atomic E-state index is 0.0850. The van der Waals surface area contributed by atoms with Crippen molar-refractivity contribution in [1.29, 1.82) is 0 Å². The number of hydrogen-bond donors (Lipinski definition) is 1. The van der Waals surface area contributed by atoms with Crippen molar-refractivity contribution < 1.29 is 4.39 Å². The average Bonchev–Trinajstić information content (AvgIpc) is 2.98. The van der Waals surface area contributed by atoms with Gasteiger partial charge in [-0.25, -0.2) is 14.4 Å². The molecule has 0 radical (unpaired) electrons. The maximum absolute atomic E-state index is 14.7. The topological polar surface area (TPSA) is 57.7 Å². The zero-order valence-electron chi connectivity index (χ0n) is 16.4. The highest BCUT2D eigenvalue weighted by Crippen LogP contribution is 2.33. The van der Waals surface area contributed by atoms with Crippen molar-refractivity contribution >= 4 is 11.2 Å². The van der Waals surface area contributed by atoms with Gasteiger partial charge in [0.05, 0.1) is 17.3 Å². The van der Waals surface area contributed by atoms with Crippen molar-refractivity contribution in [2.75, 3.05) is 13.1 Å². The first-order chi connectivity index (χ1) is 12.9. The lowest BCUT2D eigenvalue weighted by Gasteiger charge is -2.37. The molecule has 2 atom stereocenters. The number of imidazole rings is 1. The lowest BCUT2D eigenvalue weighted by Crippen LogP contribution is -2.37. The number of aryl methyl sites for hydroxylation is 3. The van der Waals surface area contributed by atoms with Crippen LogP contribution in [-0.4, -0.2) is 37.9 Å². The van der Waals surface area contributed by atoms with Gasteiger partial charge in [-0.05, 0) is 70.7 Å². The molecule has 0 aliphatic carbocycles. The summed E-state index contributed by atoms with van der Waals surface area (Å²) in [4.78, 5) is 18.8. The number of nitrogens with zero attached hydrogens (tertiary/aromatic N) is 4. The van der Waals surface area contributed by atoms with E-state index in [1.807, 2.05) is 27.7 Å². The largest absolute Gasteiger partial charge is 0.341 e. The molecule has 3 aromatic heterocycles. The molecule has 5 nitrogen and oxygen atoms in total. The summed E-state index contributed by atoms with van der Waals surface area (Å²) in [5, 5.41) is 0. The Morgan fingerprint density at radius 3 is 2.59 bits per heavy atom. The van der Waals surface area contributed by atoms with Gasteiger partial charge in [0.25, 0.3) is 0 Å². The molecule has 0 bridgehead atoms. The van der Waals surface area contributed by atoms with Crippen LogP contribution in [0.5, 0.6) is 0 Å². The Bertz CT molecular complexity index is 960. The quantitative estimate of drug-likeness (QED) is 0.747. The predicted octanol–water partition coefficient (Wildman–Crippen LogP) is 4.36. The number of H-pyrrole nitrogens is 1. The second kappa shape index (κ2) is 7.00. The summed E-state index contributed by atoms with van der Waals surface area (Å²) in [5.74, 6) is 0.931. The number of aromatic amines is 1. The highest BCUT2D eigenvalue weighted by molar-refractivity contribution is 5.70. The smallest absolute Gasteiger partial charge is 0.178 e. The molecule has 1 unspecified atom stereocenters. The van der Waals surface area contributed by atoms with Crippen molar-refractivity contribution in [1.82, 2.24) is 24.8 Å². The molecule has 0 aromatic carbocycles. The summed E-state index contributed by atoms with van der Waals surface area (Å²) in [6.07, 6.45) is 2.25. The van der Waals surface area contributed by atoms with Gasteiger partial charge in [0.2, 0.25) is 0 Å². The van der Waals surface area contributed by atoms with Crippen LogP contribution < -0.4 is 0 Å². The number of rotatable bonds is 3. The molecule has 4 heterocycles. The van der Waals surface area contributed by atoms with Gasteiger partial charge in [-0.15, -0.1) is 0 Å². The molecule has 1 aliphatic heterocycles. The summed E-state index contributed by atoms with van der Waals surface area (Å²) < 4.78 is 14.7. The average molecular weight is 367 g/mol. The van der Waals surface area contributed by atoms with Gasteiger partial charge >= 0.3 is 0 Å². The van der Waals surface area contributed by atoms with Crippen LogP contribution in [0, 0.1) is 26.6 Å². The van der Waals surface area contributed by atoms with E-state index < -0.39 is 0 Å². The second-order valence-corrected chi connectivity index (χ2v) is 7.74. The second-order valence-electron chi connectivity index (χ2n) is 7.74. The number of hydrogen-bond acceptors (Lipinski definition) is 4. The lowest BCUT2D eigenvalue weighted by molar-refractivity contribution is 0.153. The van der Waals surface area contributed by atoms with Gasteiger partial charge in [0.1, 0.15) is 11.6 Å². The number of pyridine rings is 2. The van der Waals surface area contributed by atoms with Crippen LogP contribution in [0.15, 0.2) is 18.2 Å². The minimum atomic E-state index is -0.267. The fourth-order valence-corrected chi connectivity index (χ4v) is 4.25. The van der Waals surface area contributed by atoms with Crippen molar-refractivity contribution in [2.45, 2.75) is 52.5 Å². The normalized spacial score (nSPS) is 19.5. The number of likely N-dealkylation sites (tertiary alicyclic amines) is 1.